The van der Waals surface area contributed by atoms with Crippen LogP contribution in [0.25, 0.3) is 0 Å². The molecular formula is C11H10ClN3. The molecule has 1 aromatic heterocycles. The van der Waals surface area contributed by atoms with Gasteiger partial charge in [-0.1, -0.05) is 11.6 Å². The molecule has 0 aliphatic rings. The standard InChI is InChI=1S/C11H10ClN3/c12-8-3-4-10(13)11(6-8)15-9-2-1-5-14-7-9/h1-7,15H,13H2. The van der Waals surface area contributed by atoms with Crippen molar-refractivity contribution in [1.29, 1.82) is 0 Å². The second kappa shape index (κ2) is 4.19. The van der Waals surface area contributed by atoms with Crippen LogP contribution in [0.5, 0.6) is 0 Å². The molecule has 3 nitrogen and oxygen atoms in total. The van der Waals surface area contributed by atoms with Gasteiger partial charge in [-0.05, 0) is 30.3 Å². The van der Waals surface area contributed by atoms with Gasteiger partial charge in [-0.25, -0.2) is 0 Å². The lowest BCUT2D eigenvalue weighted by atomic mass is 10.2. The van der Waals surface area contributed by atoms with Crippen LogP contribution < -0.4 is 11.1 Å². The molecule has 0 unspecified atom stereocenters. The summed E-state index contributed by atoms with van der Waals surface area (Å²) < 4.78 is 0. The van der Waals surface area contributed by atoms with Gasteiger partial charge in [-0.3, -0.25) is 4.98 Å². The van der Waals surface area contributed by atoms with Gasteiger partial charge in [0.2, 0.25) is 0 Å². The molecule has 76 valence electrons. The number of nitrogen functional groups attached to an aromatic ring is 1. The van der Waals surface area contributed by atoms with E-state index in [1.54, 1.807) is 30.6 Å². The summed E-state index contributed by atoms with van der Waals surface area (Å²) in [5.74, 6) is 0. The van der Waals surface area contributed by atoms with E-state index in [0.29, 0.717) is 10.7 Å². The van der Waals surface area contributed by atoms with Crippen LogP contribution in [0.15, 0.2) is 42.7 Å². The van der Waals surface area contributed by atoms with E-state index in [0.717, 1.165) is 11.4 Å². The topological polar surface area (TPSA) is 50.9 Å². The molecule has 15 heavy (non-hydrogen) atoms. The van der Waals surface area contributed by atoms with Crippen LogP contribution >= 0.6 is 11.6 Å². The predicted octanol–water partition coefficient (Wildman–Crippen LogP) is 3.06. The number of halogens is 1. The molecule has 2 rings (SSSR count). The van der Waals surface area contributed by atoms with E-state index in [2.05, 4.69) is 10.3 Å². The Bertz CT molecular complexity index is 457. The van der Waals surface area contributed by atoms with Gasteiger partial charge in [-0.15, -0.1) is 0 Å². The van der Waals surface area contributed by atoms with Gasteiger partial charge in [-0.2, -0.15) is 0 Å². The SMILES string of the molecule is Nc1ccc(Cl)cc1Nc1cccnc1. The summed E-state index contributed by atoms with van der Waals surface area (Å²) in [6.45, 7) is 0. The van der Waals surface area contributed by atoms with Gasteiger partial charge in [0, 0.05) is 11.2 Å². The number of anilines is 3. The molecule has 0 bridgehead atoms. The molecule has 0 saturated heterocycles. The molecule has 1 heterocycles. The van der Waals surface area contributed by atoms with E-state index in [9.17, 15) is 0 Å². The lowest BCUT2D eigenvalue weighted by Crippen LogP contribution is -1.96. The van der Waals surface area contributed by atoms with Crippen molar-refractivity contribution in [3.05, 3.63) is 47.7 Å². The molecule has 2 aromatic rings. The maximum atomic E-state index is 5.87. The minimum absolute atomic E-state index is 0.649. The molecule has 0 aliphatic heterocycles. The summed E-state index contributed by atoms with van der Waals surface area (Å²) >= 11 is 5.87. The smallest absolute Gasteiger partial charge is 0.0633 e. The highest BCUT2D eigenvalue weighted by atomic mass is 35.5. The number of aromatic nitrogens is 1. The summed E-state index contributed by atoms with van der Waals surface area (Å²) in [5, 5.41) is 3.79. The van der Waals surface area contributed by atoms with Gasteiger partial charge in [0.1, 0.15) is 0 Å². The molecule has 3 N–H and O–H groups in total. The normalized spacial score (nSPS) is 9.93. The van der Waals surface area contributed by atoms with Gasteiger partial charge < -0.3 is 11.1 Å². The third-order valence-corrected chi connectivity index (χ3v) is 2.19. The average Bonchev–Trinajstić information content (AvgIpc) is 2.25. The number of nitrogens with zero attached hydrogens (tertiary/aromatic N) is 1. The van der Waals surface area contributed by atoms with E-state index >= 15 is 0 Å². The second-order valence-corrected chi connectivity index (χ2v) is 3.53. The Kier molecular flexibility index (Phi) is 2.74. The lowest BCUT2D eigenvalue weighted by molar-refractivity contribution is 1.32. The molecule has 0 amide bonds. The van der Waals surface area contributed by atoms with Crippen LogP contribution in [0, 0.1) is 0 Å². The summed E-state index contributed by atoms with van der Waals surface area (Å²) in [5.41, 5.74) is 8.12. The fourth-order valence-corrected chi connectivity index (χ4v) is 1.40. The van der Waals surface area contributed by atoms with Crippen LogP contribution in [0.1, 0.15) is 0 Å². The number of hydrogen-bond acceptors (Lipinski definition) is 3. The number of pyridine rings is 1. The predicted molar refractivity (Wildman–Crippen MR) is 63.4 cm³/mol. The molecule has 0 spiro atoms. The van der Waals surface area contributed by atoms with Crippen LogP contribution in [0.3, 0.4) is 0 Å². The van der Waals surface area contributed by atoms with Gasteiger partial charge in [0.25, 0.3) is 0 Å². The minimum Gasteiger partial charge on any atom is -0.397 e. The molecule has 4 heteroatoms. The van der Waals surface area contributed by atoms with E-state index in [1.165, 1.54) is 0 Å². The Morgan fingerprint density at radius 2 is 2.13 bits per heavy atom. The number of benzene rings is 1. The zero-order chi connectivity index (χ0) is 10.7. The van der Waals surface area contributed by atoms with E-state index in [-0.39, 0.29) is 0 Å². The number of nitrogens with one attached hydrogen (secondary N) is 1. The van der Waals surface area contributed by atoms with Gasteiger partial charge >= 0.3 is 0 Å². The Morgan fingerprint density at radius 1 is 1.27 bits per heavy atom. The summed E-state index contributed by atoms with van der Waals surface area (Å²) in [4.78, 5) is 4.00. The van der Waals surface area contributed by atoms with E-state index in [1.807, 2.05) is 12.1 Å². The third-order valence-electron chi connectivity index (χ3n) is 1.96. The zero-order valence-corrected chi connectivity index (χ0v) is 8.70. The van der Waals surface area contributed by atoms with E-state index < -0.39 is 0 Å². The Balaban J connectivity index is 2.28. The molecule has 1 aromatic carbocycles. The minimum atomic E-state index is 0.649. The number of nitrogens with two attached hydrogens (primary N) is 1. The van der Waals surface area contributed by atoms with Crippen molar-refractivity contribution in [2.45, 2.75) is 0 Å². The number of rotatable bonds is 2. The Hall–Kier alpha value is -1.74. The van der Waals surface area contributed by atoms with Gasteiger partial charge in [0.05, 0.1) is 23.3 Å². The largest absolute Gasteiger partial charge is 0.397 e. The first-order valence-electron chi connectivity index (χ1n) is 4.48. The molecule has 0 fully saturated rings. The Labute approximate surface area is 92.9 Å². The molecule has 0 radical (unpaired) electrons. The van der Waals surface area contributed by atoms with Crippen molar-refractivity contribution in [3.63, 3.8) is 0 Å². The second-order valence-electron chi connectivity index (χ2n) is 3.10. The molecule has 0 atom stereocenters. The highest BCUT2D eigenvalue weighted by Gasteiger charge is 2.00. The maximum Gasteiger partial charge on any atom is 0.0633 e. The highest BCUT2D eigenvalue weighted by molar-refractivity contribution is 6.31. The van der Waals surface area contributed by atoms with Crippen LogP contribution in [-0.2, 0) is 0 Å². The molecule has 0 aliphatic carbocycles. The summed E-state index contributed by atoms with van der Waals surface area (Å²) in [7, 11) is 0. The fourth-order valence-electron chi connectivity index (χ4n) is 1.23. The molecular weight excluding hydrogens is 210 g/mol. The van der Waals surface area contributed by atoms with Crippen molar-refractivity contribution in [1.82, 2.24) is 4.98 Å². The zero-order valence-electron chi connectivity index (χ0n) is 7.94. The quantitative estimate of drug-likeness (QED) is 0.764. The van der Waals surface area contributed by atoms with Crippen LogP contribution in [-0.4, -0.2) is 4.98 Å². The summed E-state index contributed by atoms with van der Waals surface area (Å²) in [6, 6.07) is 9.06. The van der Waals surface area contributed by atoms with E-state index in [4.69, 9.17) is 17.3 Å². The van der Waals surface area contributed by atoms with Crippen LogP contribution in [0.2, 0.25) is 5.02 Å². The van der Waals surface area contributed by atoms with Gasteiger partial charge in [0.15, 0.2) is 0 Å². The first kappa shape index (κ1) is 9.80. The summed E-state index contributed by atoms with van der Waals surface area (Å²) in [6.07, 6.45) is 3.44. The maximum absolute atomic E-state index is 5.87. The first-order valence-corrected chi connectivity index (χ1v) is 4.85. The average molecular weight is 220 g/mol. The third kappa shape index (κ3) is 2.39. The first-order chi connectivity index (χ1) is 7.25. The highest BCUT2D eigenvalue weighted by Crippen LogP contribution is 2.25. The van der Waals surface area contributed by atoms with Crippen molar-refractivity contribution in [3.8, 4) is 0 Å². The molecule has 0 saturated carbocycles. The van der Waals surface area contributed by atoms with Crippen molar-refractivity contribution < 1.29 is 0 Å². The van der Waals surface area contributed by atoms with Crippen molar-refractivity contribution in [2.75, 3.05) is 11.1 Å². The lowest BCUT2D eigenvalue weighted by Gasteiger charge is -2.08. The van der Waals surface area contributed by atoms with Crippen LogP contribution in [0.4, 0.5) is 17.1 Å². The fraction of sp³-hybridized carbons (Fsp3) is 0. The Morgan fingerprint density at radius 3 is 2.87 bits per heavy atom. The van der Waals surface area contributed by atoms with Crippen molar-refractivity contribution >= 4 is 28.7 Å². The monoisotopic (exact) mass is 219 g/mol. The van der Waals surface area contributed by atoms with Crippen molar-refractivity contribution in [2.24, 2.45) is 0 Å². The number of hydrogen-bond donors (Lipinski definition) is 2.